The zero-order chi connectivity index (χ0) is 19.9. The molecule has 0 saturated heterocycles. The summed E-state index contributed by atoms with van der Waals surface area (Å²) in [4.78, 5) is 39.6. The SMILES string of the molecule is Cc1csc(CC(=O)NNC(=O)COC(=O)c2cc(-c3ccccc3)n[nH]2)n1. The zero-order valence-electron chi connectivity index (χ0n) is 14.9. The quantitative estimate of drug-likeness (QED) is 0.425. The molecule has 0 fully saturated rings. The van der Waals surface area contributed by atoms with E-state index >= 15 is 0 Å². The lowest BCUT2D eigenvalue weighted by atomic mass is 10.1. The first-order chi connectivity index (χ1) is 13.5. The van der Waals surface area contributed by atoms with E-state index in [4.69, 9.17) is 4.74 Å². The topological polar surface area (TPSA) is 126 Å². The second kappa shape index (κ2) is 8.91. The van der Waals surface area contributed by atoms with Crippen LogP contribution in [0.2, 0.25) is 0 Å². The summed E-state index contributed by atoms with van der Waals surface area (Å²) in [5, 5.41) is 9.10. The number of esters is 1. The molecule has 0 unspecified atom stereocenters. The van der Waals surface area contributed by atoms with Gasteiger partial charge in [-0.05, 0) is 13.0 Å². The number of nitrogens with zero attached hydrogens (tertiary/aromatic N) is 2. The van der Waals surface area contributed by atoms with E-state index in [0.29, 0.717) is 10.7 Å². The van der Waals surface area contributed by atoms with E-state index < -0.39 is 24.4 Å². The van der Waals surface area contributed by atoms with Gasteiger partial charge in [-0.25, -0.2) is 9.78 Å². The van der Waals surface area contributed by atoms with Gasteiger partial charge in [0.05, 0.1) is 12.1 Å². The van der Waals surface area contributed by atoms with Gasteiger partial charge >= 0.3 is 5.97 Å². The molecule has 10 heteroatoms. The molecule has 0 aliphatic carbocycles. The highest BCUT2D eigenvalue weighted by atomic mass is 32.1. The maximum atomic E-state index is 12.0. The second-order valence-electron chi connectivity index (χ2n) is 5.76. The van der Waals surface area contributed by atoms with Crippen LogP contribution in [0.4, 0.5) is 0 Å². The number of hydrazine groups is 1. The van der Waals surface area contributed by atoms with E-state index in [1.54, 1.807) is 0 Å². The molecule has 1 aromatic carbocycles. The van der Waals surface area contributed by atoms with Gasteiger partial charge in [-0.2, -0.15) is 5.10 Å². The minimum absolute atomic E-state index is 0.0506. The number of ether oxygens (including phenoxy) is 1. The lowest BCUT2D eigenvalue weighted by Gasteiger charge is -2.06. The first-order valence-corrected chi connectivity index (χ1v) is 9.16. The van der Waals surface area contributed by atoms with Crippen molar-refractivity contribution in [1.29, 1.82) is 0 Å². The molecule has 2 heterocycles. The zero-order valence-corrected chi connectivity index (χ0v) is 15.7. The highest BCUT2D eigenvalue weighted by Gasteiger charge is 2.15. The van der Waals surface area contributed by atoms with Crippen LogP contribution in [0.25, 0.3) is 11.3 Å². The van der Waals surface area contributed by atoms with E-state index in [1.807, 2.05) is 42.6 Å². The molecule has 0 bridgehead atoms. The van der Waals surface area contributed by atoms with Gasteiger partial charge in [-0.3, -0.25) is 25.5 Å². The number of carbonyl (C=O) groups excluding carboxylic acids is 3. The summed E-state index contributed by atoms with van der Waals surface area (Å²) in [6.45, 7) is 1.28. The fraction of sp³-hybridized carbons (Fsp3) is 0.167. The van der Waals surface area contributed by atoms with Crippen LogP contribution >= 0.6 is 11.3 Å². The number of amides is 2. The van der Waals surface area contributed by atoms with Crippen molar-refractivity contribution in [2.24, 2.45) is 0 Å². The largest absolute Gasteiger partial charge is 0.451 e. The Morgan fingerprint density at radius 2 is 1.89 bits per heavy atom. The molecule has 0 spiro atoms. The van der Waals surface area contributed by atoms with Crippen molar-refractivity contribution >= 4 is 29.1 Å². The number of nitrogens with one attached hydrogen (secondary N) is 3. The normalized spacial score (nSPS) is 10.3. The number of rotatable bonds is 6. The average Bonchev–Trinajstić information content (AvgIpc) is 3.34. The van der Waals surface area contributed by atoms with Crippen LogP contribution in [0, 0.1) is 6.92 Å². The molecule has 0 atom stereocenters. The number of H-pyrrole nitrogens is 1. The molecule has 9 nitrogen and oxygen atoms in total. The minimum Gasteiger partial charge on any atom is -0.451 e. The number of aromatic amines is 1. The smallest absolute Gasteiger partial charge is 0.356 e. The van der Waals surface area contributed by atoms with Crippen LogP contribution in [0.3, 0.4) is 0 Å². The molecule has 3 N–H and O–H groups in total. The summed E-state index contributed by atoms with van der Waals surface area (Å²) < 4.78 is 4.91. The molecular weight excluding hydrogens is 382 g/mol. The highest BCUT2D eigenvalue weighted by Crippen LogP contribution is 2.17. The number of carbonyl (C=O) groups is 3. The van der Waals surface area contributed by atoms with Gasteiger partial charge in [0.2, 0.25) is 5.91 Å². The Labute approximate surface area is 164 Å². The van der Waals surface area contributed by atoms with E-state index in [0.717, 1.165) is 11.3 Å². The van der Waals surface area contributed by atoms with Crippen LogP contribution in [0.15, 0.2) is 41.8 Å². The fourth-order valence-corrected chi connectivity index (χ4v) is 3.00. The number of thiazole rings is 1. The van der Waals surface area contributed by atoms with E-state index in [2.05, 4.69) is 26.0 Å². The van der Waals surface area contributed by atoms with E-state index in [1.165, 1.54) is 17.4 Å². The monoisotopic (exact) mass is 399 g/mol. The van der Waals surface area contributed by atoms with Gasteiger partial charge in [-0.1, -0.05) is 30.3 Å². The molecule has 0 radical (unpaired) electrons. The Morgan fingerprint density at radius 1 is 1.14 bits per heavy atom. The molecule has 3 rings (SSSR count). The highest BCUT2D eigenvalue weighted by molar-refractivity contribution is 7.09. The first kappa shape index (κ1) is 19.2. The summed E-state index contributed by atoms with van der Waals surface area (Å²) >= 11 is 1.36. The maximum absolute atomic E-state index is 12.0. The van der Waals surface area contributed by atoms with E-state index in [-0.39, 0.29) is 12.1 Å². The summed E-state index contributed by atoms with van der Waals surface area (Å²) in [6, 6.07) is 10.8. The van der Waals surface area contributed by atoms with Gasteiger partial charge < -0.3 is 4.74 Å². The van der Waals surface area contributed by atoms with Gasteiger partial charge in [-0.15, -0.1) is 11.3 Å². The van der Waals surface area contributed by atoms with Crippen LogP contribution in [-0.4, -0.2) is 39.6 Å². The maximum Gasteiger partial charge on any atom is 0.356 e. The van der Waals surface area contributed by atoms with Crippen LogP contribution < -0.4 is 10.9 Å². The third-order valence-electron chi connectivity index (χ3n) is 3.52. The third-order valence-corrected chi connectivity index (χ3v) is 4.49. The van der Waals surface area contributed by atoms with Crippen molar-refractivity contribution in [3.05, 3.63) is 58.2 Å². The van der Waals surface area contributed by atoms with Crippen molar-refractivity contribution in [3.8, 4) is 11.3 Å². The second-order valence-corrected chi connectivity index (χ2v) is 6.71. The molecule has 0 aliphatic rings. The third kappa shape index (κ3) is 5.24. The fourth-order valence-electron chi connectivity index (χ4n) is 2.23. The number of hydrogen-bond donors (Lipinski definition) is 3. The Bertz CT molecular complexity index is 983. The summed E-state index contributed by atoms with van der Waals surface area (Å²) in [6.07, 6.45) is 0.0506. The molecule has 3 aromatic rings. The molecule has 0 aliphatic heterocycles. The summed E-state index contributed by atoms with van der Waals surface area (Å²) in [7, 11) is 0. The van der Waals surface area contributed by atoms with Crippen molar-refractivity contribution in [1.82, 2.24) is 26.0 Å². The molecule has 28 heavy (non-hydrogen) atoms. The van der Waals surface area contributed by atoms with Crippen molar-refractivity contribution in [3.63, 3.8) is 0 Å². The van der Waals surface area contributed by atoms with Crippen molar-refractivity contribution in [2.45, 2.75) is 13.3 Å². The lowest BCUT2D eigenvalue weighted by molar-refractivity contribution is -0.130. The standard InChI is InChI=1S/C18H17N5O4S/c1-11-10-28-17(19-11)8-15(24)22-23-16(25)9-27-18(26)14-7-13(20-21-14)12-5-3-2-4-6-12/h2-7,10H,8-9H2,1H3,(H,20,21)(H,22,24)(H,23,25). The van der Waals surface area contributed by atoms with Gasteiger partial charge in [0, 0.05) is 16.6 Å². The average molecular weight is 399 g/mol. The van der Waals surface area contributed by atoms with Crippen LogP contribution in [-0.2, 0) is 20.7 Å². The molecule has 144 valence electrons. The molecular formula is C18H17N5O4S. The van der Waals surface area contributed by atoms with Gasteiger partial charge in [0.25, 0.3) is 5.91 Å². The molecule has 2 aromatic heterocycles. The predicted molar refractivity (Wildman–Crippen MR) is 101 cm³/mol. The van der Waals surface area contributed by atoms with Crippen LogP contribution in [0.1, 0.15) is 21.2 Å². The first-order valence-electron chi connectivity index (χ1n) is 8.28. The van der Waals surface area contributed by atoms with Crippen LogP contribution in [0.5, 0.6) is 0 Å². The number of aryl methyl sites for hydroxylation is 1. The number of benzene rings is 1. The van der Waals surface area contributed by atoms with Gasteiger partial charge in [0.1, 0.15) is 10.7 Å². The Kier molecular flexibility index (Phi) is 6.12. The van der Waals surface area contributed by atoms with Crippen molar-refractivity contribution in [2.75, 3.05) is 6.61 Å². The molecule has 0 saturated carbocycles. The summed E-state index contributed by atoms with van der Waals surface area (Å²) in [5.41, 5.74) is 6.81. The lowest BCUT2D eigenvalue weighted by Crippen LogP contribution is -2.44. The van der Waals surface area contributed by atoms with E-state index in [9.17, 15) is 14.4 Å². The van der Waals surface area contributed by atoms with Gasteiger partial charge in [0.15, 0.2) is 6.61 Å². The molecule has 2 amide bonds. The Hall–Kier alpha value is -3.53. The minimum atomic E-state index is -0.727. The Morgan fingerprint density at radius 3 is 2.61 bits per heavy atom. The predicted octanol–water partition coefficient (Wildman–Crippen LogP) is 1.39. The Balaban J connectivity index is 1.42. The summed E-state index contributed by atoms with van der Waals surface area (Å²) in [5.74, 6) is -1.82. The number of aromatic nitrogens is 3. The van der Waals surface area contributed by atoms with Crippen molar-refractivity contribution < 1.29 is 19.1 Å². The number of hydrogen-bond acceptors (Lipinski definition) is 7.